The normalized spacial score (nSPS) is 16.2. The van der Waals surface area contributed by atoms with Crippen LogP contribution in [0.5, 0.6) is 0 Å². The summed E-state index contributed by atoms with van der Waals surface area (Å²) in [7, 11) is 0. The Morgan fingerprint density at radius 3 is 2.68 bits per heavy atom. The topological polar surface area (TPSA) is 65.4 Å². The van der Waals surface area contributed by atoms with Crippen LogP contribution in [0.4, 0.5) is 0 Å². The molecule has 1 saturated heterocycles. The third-order valence-corrected chi connectivity index (χ3v) is 3.34. The van der Waals surface area contributed by atoms with Gasteiger partial charge in [0.25, 0.3) is 0 Å². The van der Waals surface area contributed by atoms with Gasteiger partial charge in [-0.2, -0.15) is 5.26 Å². The molecule has 1 heterocycles. The number of ether oxygens (including phenoxy) is 1. The van der Waals surface area contributed by atoms with Gasteiger partial charge in [-0.05, 0) is 33.2 Å². The van der Waals surface area contributed by atoms with Crippen molar-refractivity contribution in [2.45, 2.75) is 33.1 Å². The molecule has 5 nitrogen and oxygen atoms in total. The van der Waals surface area contributed by atoms with Crippen molar-refractivity contribution in [3.8, 4) is 6.07 Å². The number of carbonyl (C=O) groups excluding carboxylic acids is 1. The van der Waals surface area contributed by atoms with Crippen LogP contribution >= 0.6 is 0 Å². The Hall–Kier alpha value is -1.12. The minimum Gasteiger partial charge on any atom is -0.378 e. The zero-order chi connectivity index (χ0) is 14.1. The van der Waals surface area contributed by atoms with E-state index in [0.717, 1.165) is 32.5 Å². The lowest BCUT2D eigenvalue weighted by Crippen LogP contribution is -2.41. The van der Waals surface area contributed by atoms with Crippen LogP contribution in [0.3, 0.4) is 0 Å². The van der Waals surface area contributed by atoms with E-state index >= 15 is 0 Å². The predicted molar refractivity (Wildman–Crippen MR) is 73.5 cm³/mol. The Morgan fingerprint density at radius 2 is 2.05 bits per heavy atom. The molecule has 0 aliphatic carbocycles. The van der Waals surface area contributed by atoms with E-state index < -0.39 is 0 Å². The first-order chi connectivity index (χ1) is 9.05. The Bertz CT molecular complexity index is 317. The van der Waals surface area contributed by atoms with Crippen LogP contribution < -0.4 is 5.32 Å². The largest absolute Gasteiger partial charge is 0.378 e. The first-order valence-corrected chi connectivity index (χ1v) is 7.03. The summed E-state index contributed by atoms with van der Waals surface area (Å²) in [5, 5.41) is 12.1. The Labute approximate surface area is 115 Å². The number of amides is 1. The fourth-order valence-electron chi connectivity index (χ4n) is 2.00. The van der Waals surface area contributed by atoms with Crippen molar-refractivity contribution >= 4 is 5.91 Å². The summed E-state index contributed by atoms with van der Waals surface area (Å²) in [5.74, 6) is 0.202. The molecular weight excluding hydrogens is 242 g/mol. The molecule has 0 unspecified atom stereocenters. The molecule has 108 valence electrons. The summed E-state index contributed by atoms with van der Waals surface area (Å²) in [6, 6.07) is 2.29. The van der Waals surface area contributed by atoms with Crippen molar-refractivity contribution in [3.05, 3.63) is 0 Å². The summed E-state index contributed by atoms with van der Waals surface area (Å²) in [4.78, 5) is 13.7. The van der Waals surface area contributed by atoms with Crippen LogP contribution in [0.2, 0.25) is 0 Å². The third kappa shape index (κ3) is 6.55. The average Bonchev–Trinajstić information content (AvgIpc) is 2.43. The van der Waals surface area contributed by atoms with Gasteiger partial charge in [0.05, 0.1) is 24.7 Å². The van der Waals surface area contributed by atoms with Gasteiger partial charge in [-0.1, -0.05) is 0 Å². The molecule has 0 spiro atoms. The van der Waals surface area contributed by atoms with Gasteiger partial charge in [-0.15, -0.1) is 0 Å². The van der Waals surface area contributed by atoms with Crippen molar-refractivity contribution in [2.24, 2.45) is 5.41 Å². The quantitative estimate of drug-likeness (QED) is 0.703. The first kappa shape index (κ1) is 15.9. The maximum atomic E-state index is 11.8. The fraction of sp³-hybridized carbons (Fsp3) is 0.857. The Morgan fingerprint density at radius 1 is 1.37 bits per heavy atom. The molecule has 0 aromatic rings. The molecule has 19 heavy (non-hydrogen) atoms. The lowest BCUT2D eigenvalue weighted by atomic mass is 9.90. The van der Waals surface area contributed by atoms with Crippen molar-refractivity contribution in [1.29, 1.82) is 5.26 Å². The predicted octanol–water partition coefficient (Wildman–Crippen LogP) is 1.15. The molecule has 0 bridgehead atoms. The highest BCUT2D eigenvalue weighted by molar-refractivity contribution is 5.76. The van der Waals surface area contributed by atoms with Crippen LogP contribution in [-0.4, -0.2) is 50.2 Å². The third-order valence-electron chi connectivity index (χ3n) is 3.34. The maximum absolute atomic E-state index is 11.8. The van der Waals surface area contributed by atoms with E-state index in [2.05, 4.69) is 11.4 Å². The van der Waals surface area contributed by atoms with Crippen molar-refractivity contribution in [1.82, 2.24) is 10.2 Å². The van der Waals surface area contributed by atoms with Gasteiger partial charge in [-0.25, -0.2) is 0 Å². The van der Waals surface area contributed by atoms with Gasteiger partial charge in [0.15, 0.2) is 0 Å². The number of nitriles is 1. The second kappa shape index (κ2) is 8.13. The summed E-state index contributed by atoms with van der Waals surface area (Å²) in [5.41, 5.74) is -0.245. The van der Waals surface area contributed by atoms with E-state index in [1.807, 2.05) is 18.7 Å². The number of hydrogen-bond donors (Lipinski definition) is 1. The summed E-state index contributed by atoms with van der Waals surface area (Å²) >= 11 is 0. The van der Waals surface area contributed by atoms with E-state index in [9.17, 15) is 4.79 Å². The molecule has 0 saturated carbocycles. The molecular formula is C14H25N3O2. The van der Waals surface area contributed by atoms with Crippen molar-refractivity contribution in [2.75, 3.05) is 39.4 Å². The molecule has 1 rings (SSSR count). The molecule has 0 aromatic heterocycles. The lowest BCUT2D eigenvalue weighted by molar-refractivity contribution is -0.135. The Kier molecular flexibility index (Phi) is 6.82. The molecule has 1 aliphatic heterocycles. The molecule has 0 aromatic carbocycles. The van der Waals surface area contributed by atoms with E-state index in [0.29, 0.717) is 26.2 Å². The smallest absolute Gasteiger partial charge is 0.224 e. The van der Waals surface area contributed by atoms with E-state index in [1.54, 1.807) is 0 Å². The SMILES string of the molecule is CC(C)(C#N)CCCNCCC(=O)N1CCOCC1. The number of nitrogens with one attached hydrogen (secondary N) is 1. The molecule has 1 amide bonds. The number of carbonyl (C=O) groups is 1. The highest BCUT2D eigenvalue weighted by atomic mass is 16.5. The monoisotopic (exact) mass is 267 g/mol. The molecule has 1 fully saturated rings. The van der Waals surface area contributed by atoms with Gasteiger partial charge >= 0.3 is 0 Å². The number of morpholine rings is 1. The van der Waals surface area contributed by atoms with E-state index in [1.165, 1.54) is 0 Å². The lowest BCUT2D eigenvalue weighted by Gasteiger charge is -2.26. The Balaban J connectivity index is 2.01. The molecule has 5 heteroatoms. The highest BCUT2D eigenvalue weighted by Gasteiger charge is 2.17. The number of rotatable bonds is 7. The van der Waals surface area contributed by atoms with E-state index in [4.69, 9.17) is 10.00 Å². The molecule has 0 radical (unpaired) electrons. The van der Waals surface area contributed by atoms with Crippen molar-refractivity contribution < 1.29 is 9.53 Å². The van der Waals surface area contributed by atoms with Crippen LogP contribution in [0.15, 0.2) is 0 Å². The molecule has 1 N–H and O–H groups in total. The second-order valence-corrected chi connectivity index (χ2v) is 5.59. The zero-order valence-electron chi connectivity index (χ0n) is 12.1. The number of nitrogens with zero attached hydrogens (tertiary/aromatic N) is 2. The molecule has 1 aliphatic rings. The minimum absolute atomic E-state index is 0.202. The van der Waals surface area contributed by atoms with Crippen molar-refractivity contribution in [3.63, 3.8) is 0 Å². The minimum atomic E-state index is -0.245. The first-order valence-electron chi connectivity index (χ1n) is 7.03. The fourth-order valence-corrected chi connectivity index (χ4v) is 2.00. The standard InChI is InChI=1S/C14H25N3O2/c1-14(2,12-15)5-3-6-16-7-4-13(18)17-8-10-19-11-9-17/h16H,3-11H2,1-2H3. The van der Waals surface area contributed by atoms with Crippen LogP contribution in [0.25, 0.3) is 0 Å². The van der Waals surface area contributed by atoms with Crippen LogP contribution in [0, 0.1) is 16.7 Å². The summed E-state index contributed by atoms with van der Waals surface area (Å²) in [6.07, 6.45) is 2.39. The van der Waals surface area contributed by atoms with Crippen LogP contribution in [0.1, 0.15) is 33.1 Å². The van der Waals surface area contributed by atoms with E-state index in [-0.39, 0.29) is 11.3 Å². The summed E-state index contributed by atoms with van der Waals surface area (Å²) < 4.78 is 5.21. The van der Waals surface area contributed by atoms with Gasteiger partial charge < -0.3 is 15.0 Å². The van der Waals surface area contributed by atoms with Gasteiger partial charge in [0.2, 0.25) is 5.91 Å². The maximum Gasteiger partial charge on any atom is 0.224 e. The molecule has 0 atom stereocenters. The average molecular weight is 267 g/mol. The number of hydrogen-bond acceptors (Lipinski definition) is 4. The van der Waals surface area contributed by atoms with Gasteiger partial charge in [0, 0.05) is 26.1 Å². The van der Waals surface area contributed by atoms with Crippen LogP contribution in [-0.2, 0) is 9.53 Å². The summed E-state index contributed by atoms with van der Waals surface area (Å²) in [6.45, 7) is 8.23. The highest BCUT2D eigenvalue weighted by Crippen LogP contribution is 2.19. The van der Waals surface area contributed by atoms with Gasteiger partial charge in [-0.3, -0.25) is 4.79 Å². The van der Waals surface area contributed by atoms with Gasteiger partial charge in [0.1, 0.15) is 0 Å². The zero-order valence-corrected chi connectivity index (χ0v) is 12.1. The second-order valence-electron chi connectivity index (χ2n) is 5.59.